The Morgan fingerprint density at radius 2 is 1.70 bits per heavy atom. The monoisotopic (exact) mass is 265 g/mol. The van der Waals surface area contributed by atoms with Crippen molar-refractivity contribution < 1.29 is 9.59 Å². The molecular weight excluding hydrogens is 250 g/mol. The van der Waals surface area contributed by atoms with Gasteiger partial charge in [-0.2, -0.15) is 0 Å². The van der Waals surface area contributed by atoms with Gasteiger partial charge >= 0.3 is 0 Å². The second-order valence-electron chi connectivity index (χ2n) is 4.23. The fourth-order valence-corrected chi connectivity index (χ4v) is 1.93. The molecule has 0 aliphatic carbocycles. The van der Waals surface area contributed by atoms with Crippen LogP contribution < -0.4 is 0 Å². The molecule has 0 aromatic heterocycles. The van der Waals surface area contributed by atoms with E-state index in [4.69, 9.17) is 0 Å². The smallest absolute Gasteiger partial charge is 0.265 e. The van der Waals surface area contributed by atoms with Crippen molar-refractivity contribution in [2.45, 2.75) is 6.92 Å². The van der Waals surface area contributed by atoms with Crippen molar-refractivity contribution in [1.82, 2.24) is 4.90 Å². The maximum absolute atomic E-state index is 12.1. The van der Waals surface area contributed by atoms with Crippen molar-refractivity contribution in [3.8, 4) is 0 Å². The number of carbonyl (C=O) groups excluding carboxylic acids is 2. The molecule has 0 bridgehead atoms. The topological polar surface area (TPSA) is 37.4 Å². The third kappa shape index (κ3) is 2.52. The van der Waals surface area contributed by atoms with Gasteiger partial charge in [-0.1, -0.05) is 43.0 Å². The molecule has 2 rings (SSSR count). The Hall–Kier alpha value is -2.68. The molecule has 0 atom stereocenters. The largest absolute Gasteiger partial charge is 0.268 e. The van der Waals surface area contributed by atoms with Gasteiger partial charge in [0.15, 0.2) is 0 Å². The van der Waals surface area contributed by atoms with E-state index in [-0.39, 0.29) is 11.8 Å². The first-order valence-electron chi connectivity index (χ1n) is 6.29. The lowest BCUT2D eigenvalue weighted by Crippen LogP contribution is -2.23. The summed E-state index contributed by atoms with van der Waals surface area (Å²) in [5.41, 5.74) is 1.79. The van der Waals surface area contributed by atoms with Crippen molar-refractivity contribution in [2.24, 2.45) is 0 Å². The average molecular weight is 265 g/mol. The number of carbonyl (C=O) groups is 2. The normalized spacial score (nSPS) is 15.4. The first-order valence-corrected chi connectivity index (χ1v) is 6.29. The maximum atomic E-state index is 12.1. The van der Waals surface area contributed by atoms with E-state index in [2.05, 4.69) is 6.58 Å². The molecule has 0 fully saturated rings. The van der Waals surface area contributed by atoms with Crippen LogP contribution in [0.2, 0.25) is 0 Å². The molecule has 0 saturated heterocycles. The Bertz CT molecular complexity index is 616. The minimum atomic E-state index is -0.287. The van der Waals surface area contributed by atoms with Gasteiger partial charge in [-0.05, 0) is 30.7 Å². The zero-order valence-electron chi connectivity index (χ0n) is 11.2. The van der Waals surface area contributed by atoms with Gasteiger partial charge in [0.1, 0.15) is 0 Å². The summed E-state index contributed by atoms with van der Waals surface area (Å²) in [6.45, 7) is 5.48. The Morgan fingerprint density at radius 3 is 2.20 bits per heavy atom. The van der Waals surface area contributed by atoms with Crippen molar-refractivity contribution in [3.05, 3.63) is 84.1 Å². The summed E-state index contributed by atoms with van der Waals surface area (Å²) < 4.78 is 0. The molecule has 3 nitrogen and oxygen atoms in total. The van der Waals surface area contributed by atoms with Gasteiger partial charge in [0.25, 0.3) is 11.8 Å². The standard InChI is InChI=1S/C17H15NO2/c1-3-5-8-13(4-2)11-12-18-16(19)14-9-6-7-10-15(14)17(18)20/h3-12H,1H2,2H3/b8-5-,12-11+,13-4+. The van der Waals surface area contributed by atoms with Crippen molar-refractivity contribution in [1.29, 1.82) is 0 Å². The lowest BCUT2D eigenvalue weighted by atomic mass is 10.1. The lowest BCUT2D eigenvalue weighted by molar-refractivity contribution is 0.0721. The van der Waals surface area contributed by atoms with Crippen LogP contribution in [0.1, 0.15) is 27.6 Å². The summed E-state index contributed by atoms with van der Waals surface area (Å²) in [5.74, 6) is -0.574. The van der Waals surface area contributed by atoms with Gasteiger partial charge in [-0.3, -0.25) is 9.59 Å². The number of amides is 2. The van der Waals surface area contributed by atoms with Gasteiger partial charge in [0.05, 0.1) is 11.1 Å². The van der Waals surface area contributed by atoms with E-state index in [0.717, 1.165) is 10.5 Å². The quantitative estimate of drug-likeness (QED) is 0.617. The Balaban J connectivity index is 2.24. The molecule has 1 aromatic rings. The molecule has 1 aliphatic rings. The molecule has 0 unspecified atom stereocenters. The van der Waals surface area contributed by atoms with E-state index >= 15 is 0 Å². The van der Waals surface area contributed by atoms with E-state index in [1.165, 1.54) is 6.20 Å². The molecule has 0 saturated carbocycles. The summed E-state index contributed by atoms with van der Waals surface area (Å²) in [6, 6.07) is 6.83. The van der Waals surface area contributed by atoms with Crippen LogP contribution >= 0.6 is 0 Å². The highest BCUT2D eigenvalue weighted by atomic mass is 16.2. The highest BCUT2D eigenvalue weighted by molar-refractivity contribution is 6.22. The van der Waals surface area contributed by atoms with Gasteiger partial charge < -0.3 is 0 Å². The van der Waals surface area contributed by atoms with Gasteiger partial charge in [-0.15, -0.1) is 0 Å². The van der Waals surface area contributed by atoms with Crippen LogP contribution in [0.25, 0.3) is 0 Å². The maximum Gasteiger partial charge on any atom is 0.265 e. The predicted molar refractivity (Wildman–Crippen MR) is 79.2 cm³/mol. The summed E-state index contributed by atoms with van der Waals surface area (Å²) in [4.78, 5) is 25.4. The van der Waals surface area contributed by atoms with Crippen LogP contribution in [0.3, 0.4) is 0 Å². The molecule has 1 heterocycles. The SMILES string of the molecule is C=C\C=C/C(/C=C/N1C(=O)c2ccccc2C1=O)=C\C. The average Bonchev–Trinajstić information content (AvgIpc) is 2.72. The summed E-state index contributed by atoms with van der Waals surface area (Å²) in [7, 11) is 0. The second-order valence-corrected chi connectivity index (χ2v) is 4.23. The minimum absolute atomic E-state index is 0.287. The zero-order chi connectivity index (χ0) is 14.5. The Labute approximate surface area is 118 Å². The molecule has 0 N–H and O–H groups in total. The Kier molecular flexibility index (Phi) is 4.11. The molecule has 100 valence electrons. The molecule has 3 heteroatoms. The van der Waals surface area contributed by atoms with E-state index in [1.54, 1.807) is 42.5 Å². The number of rotatable bonds is 4. The Morgan fingerprint density at radius 1 is 1.10 bits per heavy atom. The highest BCUT2D eigenvalue weighted by Gasteiger charge is 2.33. The van der Waals surface area contributed by atoms with Crippen LogP contribution in [0.4, 0.5) is 0 Å². The van der Waals surface area contributed by atoms with Crippen molar-refractivity contribution in [2.75, 3.05) is 0 Å². The van der Waals surface area contributed by atoms with E-state index in [0.29, 0.717) is 11.1 Å². The molecule has 20 heavy (non-hydrogen) atoms. The predicted octanol–water partition coefficient (Wildman–Crippen LogP) is 3.48. The van der Waals surface area contributed by atoms with Crippen LogP contribution in [0.15, 0.2) is 73.0 Å². The molecule has 2 amide bonds. The lowest BCUT2D eigenvalue weighted by Gasteiger charge is -2.06. The number of hydrogen-bond donors (Lipinski definition) is 0. The summed E-state index contributed by atoms with van der Waals surface area (Å²) in [6.07, 6.45) is 10.4. The molecule has 0 radical (unpaired) electrons. The summed E-state index contributed by atoms with van der Waals surface area (Å²) in [5, 5.41) is 0. The number of hydrogen-bond acceptors (Lipinski definition) is 2. The van der Waals surface area contributed by atoms with Crippen LogP contribution in [-0.4, -0.2) is 16.7 Å². The zero-order valence-corrected chi connectivity index (χ0v) is 11.2. The van der Waals surface area contributed by atoms with Crippen LogP contribution in [0.5, 0.6) is 0 Å². The molecule has 0 spiro atoms. The van der Waals surface area contributed by atoms with Crippen molar-refractivity contribution in [3.63, 3.8) is 0 Å². The molecular formula is C17H15NO2. The minimum Gasteiger partial charge on any atom is -0.268 e. The van der Waals surface area contributed by atoms with Gasteiger partial charge in [0, 0.05) is 6.20 Å². The molecule has 1 aromatic carbocycles. The number of nitrogens with zero attached hydrogens (tertiary/aromatic N) is 1. The third-order valence-corrected chi connectivity index (χ3v) is 3.00. The summed E-state index contributed by atoms with van der Waals surface area (Å²) >= 11 is 0. The van der Waals surface area contributed by atoms with Gasteiger partial charge in [-0.25, -0.2) is 4.90 Å². The first-order chi connectivity index (χ1) is 9.69. The fourth-order valence-electron chi connectivity index (χ4n) is 1.93. The first kappa shape index (κ1) is 13.7. The van der Waals surface area contributed by atoms with Crippen molar-refractivity contribution >= 4 is 11.8 Å². The fraction of sp³-hybridized carbons (Fsp3) is 0.0588. The van der Waals surface area contributed by atoms with Crippen LogP contribution in [-0.2, 0) is 0 Å². The number of fused-ring (bicyclic) bond motifs is 1. The van der Waals surface area contributed by atoms with E-state index in [1.807, 2.05) is 19.1 Å². The van der Waals surface area contributed by atoms with E-state index < -0.39 is 0 Å². The number of benzene rings is 1. The number of imide groups is 1. The van der Waals surface area contributed by atoms with Crippen LogP contribution in [0, 0.1) is 0 Å². The van der Waals surface area contributed by atoms with E-state index in [9.17, 15) is 9.59 Å². The van der Waals surface area contributed by atoms with Gasteiger partial charge in [0.2, 0.25) is 0 Å². The number of allylic oxidation sites excluding steroid dienone is 6. The highest BCUT2D eigenvalue weighted by Crippen LogP contribution is 2.22. The molecule has 1 aliphatic heterocycles. The third-order valence-electron chi connectivity index (χ3n) is 3.00. The second kappa shape index (κ2) is 5.97.